The van der Waals surface area contributed by atoms with Gasteiger partial charge in [-0.05, 0) is 18.4 Å². The Kier molecular flexibility index (Phi) is 6.81. The fraction of sp³-hybridized carbons (Fsp3) is 0.476. The van der Waals surface area contributed by atoms with Gasteiger partial charge in [-0.2, -0.15) is 4.98 Å². The molecule has 1 fully saturated rings. The van der Waals surface area contributed by atoms with Crippen LogP contribution in [-0.2, 0) is 11.3 Å². The molecule has 28 heavy (non-hydrogen) atoms. The van der Waals surface area contributed by atoms with Gasteiger partial charge in [-0.25, -0.2) is 0 Å². The lowest BCUT2D eigenvalue weighted by atomic mass is 10.0. The lowest BCUT2D eigenvalue weighted by molar-refractivity contribution is -0.135. The van der Waals surface area contributed by atoms with Gasteiger partial charge >= 0.3 is 0 Å². The molecule has 0 bridgehead atoms. The van der Waals surface area contributed by atoms with Crippen LogP contribution in [0.5, 0.6) is 5.88 Å². The summed E-state index contributed by atoms with van der Waals surface area (Å²) >= 11 is 0. The van der Waals surface area contributed by atoms with Gasteiger partial charge in [0, 0.05) is 46.8 Å². The fourth-order valence-electron chi connectivity index (χ4n) is 3.37. The van der Waals surface area contributed by atoms with E-state index in [4.69, 9.17) is 4.74 Å². The van der Waals surface area contributed by atoms with Crippen LogP contribution in [0.15, 0.2) is 42.7 Å². The summed E-state index contributed by atoms with van der Waals surface area (Å²) in [6.45, 7) is 2.93. The summed E-state index contributed by atoms with van der Waals surface area (Å²) in [6.07, 6.45) is 5.14. The lowest BCUT2D eigenvalue weighted by Crippen LogP contribution is -2.46. The zero-order valence-corrected chi connectivity index (χ0v) is 16.9. The van der Waals surface area contributed by atoms with E-state index in [1.807, 2.05) is 37.0 Å². The van der Waals surface area contributed by atoms with Crippen LogP contribution >= 0.6 is 0 Å². The molecule has 1 amide bonds. The molecule has 1 aliphatic heterocycles. The molecule has 0 unspecified atom stereocenters. The van der Waals surface area contributed by atoms with Crippen molar-refractivity contribution in [1.29, 1.82) is 0 Å². The summed E-state index contributed by atoms with van der Waals surface area (Å²) in [5.41, 5.74) is 1.33. The Bertz CT molecular complexity index is 760. The zero-order chi connectivity index (χ0) is 19.9. The van der Waals surface area contributed by atoms with Crippen molar-refractivity contribution in [3.05, 3.63) is 48.3 Å². The van der Waals surface area contributed by atoms with E-state index in [-0.39, 0.29) is 18.6 Å². The normalized spacial score (nSPS) is 15.2. The first-order valence-electron chi connectivity index (χ1n) is 9.67. The topological polar surface area (TPSA) is 61.8 Å². The number of aromatic nitrogens is 2. The summed E-state index contributed by atoms with van der Waals surface area (Å²) in [6, 6.07) is 10.8. The smallest absolute Gasteiger partial charge is 0.260 e. The first kappa shape index (κ1) is 20.1. The predicted octanol–water partition coefficient (Wildman–Crippen LogP) is 2.04. The van der Waals surface area contributed by atoms with E-state index in [0.29, 0.717) is 11.7 Å². The quantitative estimate of drug-likeness (QED) is 0.729. The van der Waals surface area contributed by atoms with Gasteiger partial charge in [0.1, 0.15) is 0 Å². The largest absolute Gasteiger partial charge is 0.466 e. The van der Waals surface area contributed by atoms with Crippen LogP contribution < -0.4 is 9.64 Å². The Hall–Kier alpha value is -2.67. The maximum absolute atomic E-state index is 12.5. The summed E-state index contributed by atoms with van der Waals surface area (Å²) in [7, 11) is 5.64. The molecule has 1 saturated heterocycles. The first-order valence-corrected chi connectivity index (χ1v) is 9.67. The second-order valence-electron chi connectivity index (χ2n) is 7.40. The highest BCUT2D eigenvalue weighted by atomic mass is 16.5. The van der Waals surface area contributed by atoms with Crippen molar-refractivity contribution in [3.8, 4) is 5.88 Å². The Balaban J connectivity index is 1.45. The number of likely N-dealkylation sites (N-methyl/N-ethyl adjacent to an activating group) is 1. The predicted molar refractivity (Wildman–Crippen MR) is 109 cm³/mol. The van der Waals surface area contributed by atoms with Crippen LogP contribution in [0.1, 0.15) is 18.4 Å². The lowest BCUT2D eigenvalue weighted by Gasteiger charge is -2.36. The van der Waals surface area contributed by atoms with Crippen LogP contribution in [0, 0.1) is 0 Å². The third kappa shape index (κ3) is 5.42. The average Bonchev–Trinajstić information content (AvgIpc) is 2.73. The summed E-state index contributed by atoms with van der Waals surface area (Å²) in [4.78, 5) is 27.1. The van der Waals surface area contributed by atoms with E-state index in [1.54, 1.807) is 6.20 Å². The van der Waals surface area contributed by atoms with Crippen molar-refractivity contribution in [3.63, 3.8) is 0 Å². The third-order valence-corrected chi connectivity index (χ3v) is 5.15. The van der Waals surface area contributed by atoms with Gasteiger partial charge in [-0.15, -0.1) is 0 Å². The molecule has 0 saturated carbocycles. The maximum atomic E-state index is 12.5. The number of nitrogens with zero attached hydrogens (tertiary/aromatic N) is 5. The number of carbonyl (C=O) groups is 1. The van der Waals surface area contributed by atoms with Crippen molar-refractivity contribution in [2.75, 3.05) is 45.7 Å². The number of ether oxygens (including phenoxy) is 1. The van der Waals surface area contributed by atoms with E-state index in [1.165, 1.54) is 11.8 Å². The number of carbonyl (C=O) groups excluding carboxylic acids is 1. The number of benzene rings is 1. The number of hydrogen-bond donors (Lipinski definition) is 0. The molecule has 0 atom stereocenters. The standard InChI is InChI=1S/C21H29N5O2/c1-24(2)19-13-22-14-20(23-19)28-16-21(27)25(3)18-9-11-26(12-10-18)15-17-7-5-4-6-8-17/h4-8,13-14,18H,9-12,15-16H2,1-3H3. The summed E-state index contributed by atoms with van der Waals surface area (Å²) in [5.74, 6) is 1.04. The molecule has 0 N–H and O–H groups in total. The molecular formula is C21H29N5O2. The van der Waals surface area contributed by atoms with Crippen molar-refractivity contribution >= 4 is 11.7 Å². The van der Waals surface area contributed by atoms with E-state index in [0.717, 1.165) is 32.5 Å². The second-order valence-corrected chi connectivity index (χ2v) is 7.40. The number of hydrogen-bond acceptors (Lipinski definition) is 6. The van der Waals surface area contributed by atoms with Crippen molar-refractivity contribution in [1.82, 2.24) is 19.8 Å². The van der Waals surface area contributed by atoms with Crippen LogP contribution in [0.25, 0.3) is 0 Å². The van der Waals surface area contributed by atoms with Crippen LogP contribution in [0.3, 0.4) is 0 Å². The molecule has 1 aromatic carbocycles. The minimum absolute atomic E-state index is 0.0215. The SMILES string of the molecule is CN(C)c1cncc(OCC(=O)N(C)C2CCN(Cc3ccccc3)CC2)n1. The van der Waals surface area contributed by atoms with E-state index in [2.05, 4.69) is 39.1 Å². The van der Waals surface area contributed by atoms with E-state index in [9.17, 15) is 4.79 Å². The first-order chi connectivity index (χ1) is 13.5. The number of anilines is 1. The van der Waals surface area contributed by atoms with Crippen LogP contribution in [-0.4, -0.2) is 72.6 Å². The second kappa shape index (κ2) is 9.50. The molecule has 0 aliphatic carbocycles. The maximum Gasteiger partial charge on any atom is 0.260 e. The van der Waals surface area contributed by atoms with Gasteiger partial charge in [0.25, 0.3) is 5.91 Å². The zero-order valence-electron chi connectivity index (χ0n) is 16.9. The summed E-state index contributed by atoms with van der Waals surface area (Å²) < 4.78 is 5.57. The van der Waals surface area contributed by atoms with Gasteiger partial charge in [-0.1, -0.05) is 30.3 Å². The van der Waals surface area contributed by atoms with Crippen molar-refractivity contribution < 1.29 is 9.53 Å². The highest BCUT2D eigenvalue weighted by molar-refractivity contribution is 5.77. The molecule has 0 radical (unpaired) electrons. The molecule has 3 rings (SSSR count). The van der Waals surface area contributed by atoms with Crippen molar-refractivity contribution in [2.45, 2.75) is 25.4 Å². The highest BCUT2D eigenvalue weighted by Gasteiger charge is 2.25. The Morgan fingerprint density at radius 1 is 1.14 bits per heavy atom. The number of rotatable bonds is 7. The molecule has 2 heterocycles. The van der Waals surface area contributed by atoms with Crippen LogP contribution in [0.4, 0.5) is 5.82 Å². The van der Waals surface area contributed by atoms with E-state index >= 15 is 0 Å². The summed E-state index contributed by atoms with van der Waals surface area (Å²) in [5, 5.41) is 0. The molecule has 7 nitrogen and oxygen atoms in total. The van der Waals surface area contributed by atoms with Gasteiger partial charge in [0.05, 0.1) is 12.4 Å². The Morgan fingerprint density at radius 2 is 1.86 bits per heavy atom. The number of piperidine rings is 1. The van der Waals surface area contributed by atoms with E-state index < -0.39 is 0 Å². The van der Waals surface area contributed by atoms with Gasteiger partial charge in [-0.3, -0.25) is 14.7 Å². The molecular weight excluding hydrogens is 354 g/mol. The molecule has 2 aromatic rings. The fourth-order valence-corrected chi connectivity index (χ4v) is 3.37. The number of likely N-dealkylation sites (tertiary alicyclic amines) is 1. The van der Waals surface area contributed by atoms with Gasteiger partial charge in [0.15, 0.2) is 12.4 Å². The monoisotopic (exact) mass is 383 g/mol. The molecule has 150 valence electrons. The highest BCUT2D eigenvalue weighted by Crippen LogP contribution is 2.18. The van der Waals surface area contributed by atoms with Crippen molar-refractivity contribution in [2.24, 2.45) is 0 Å². The molecule has 1 aliphatic rings. The Labute approximate surface area is 166 Å². The molecule has 1 aromatic heterocycles. The molecule has 7 heteroatoms. The van der Waals surface area contributed by atoms with Crippen LogP contribution in [0.2, 0.25) is 0 Å². The van der Waals surface area contributed by atoms with Gasteiger partial charge < -0.3 is 14.5 Å². The minimum Gasteiger partial charge on any atom is -0.466 e. The van der Waals surface area contributed by atoms with Gasteiger partial charge in [0.2, 0.25) is 5.88 Å². The molecule has 0 spiro atoms. The Morgan fingerprint density at radius 3 is 2.54 bits per heavy atom. The minimum atomic E-state index is -0.0291. The third-order valence-electron chi connectivity index (χ3n) is 5.15. The average molecular weight is 383 g/mol. The number of amides is 1.